The lowest BCUT2D eigenvalue weighted by Crippen LogP contribution is -2.39. The number of hydrogen-bond donors (Lipinski definition) is 1. The summed E-state index contributed by atoms with van der Waals surface area (Å²) < 4.78 is 5.26. The van der Waals surface area contributed by atoms with E-state index in [1.54, 1.807) is 24.1 Å². The third-order valence-corrected chi connectivity index (χ3v) is 5.28. The lowest BCUT2D eigenvalue weighted by Gasteiger charge is -2.22. The Morgan fingerprint density at radius 1 is 1.18 bits per heavy atom. The Hall–Kier alpha value is -2.53. The molecule has 1 aliphatic carbocycles. The Morgan fingerprint density at radius 3 is 2.61 bits per heavy atom. The summed E-state index contributed by atoms with van der Waals surface area (Å²) >= 11 is 6.27. The number of methoxy groups -OCH3 is 1. The second kappa shape index (κ2) is 9.11. The van der Waals surface area contributed by atoms with Crippen molar-refractivity contribution in [2.75, 3.05) is 25.5 Å². The van der Waals surface area contributed by atoms with Crippen molar-refractivity contribution in [1.82, 2.24) is 4.90 Å². The van der Waals surface area contributed by atoms with Gasteiger partial charge in [0.1, 0.15) is 5.75 Å². The van der Waals surface area contributed by atoms with E-state index in [2.05, 4.69) is 5.32 Å². The number of carbonyl (C=O) groups excluding carboxylic acids is 2. The number of nitrogens with zero attached hydrogens (tertiary/aromatic N) is 1. The minimum Gasteiger partial charge on any atom is -0.495 e. The first-order chi connectivity index (χ1) is 13.5. The van der Waals surface area contributed by atoms with Gasteiger partial charge in [0, 0.05) is 17.5 Å². The molecule has 2 atom stereocenters. The van der Waals surface area contributed by atoms with Crippen LogP contribution in [0.2, 0.25) is 5.02 Å². The highest BCUT2D eigenvalue weighted by Crippen LogP contribution is 2.50. The molecule has 0 bridgehead atoms. The average molecular weight is 401 g/mol. The molecule has 0 spiro atoms. The van der Waals surface area contributed by atoms with Crippen molar-refractivity contribution in [3.05, 3.63) is 59.1 Å². The van der Waals surface area contributed by atoms with Crippen LogP contribution in [0.3, 0.4) is 0 Å². The Kier molecular flexibility index (Phi) is 6.57. The van der Waals surface area contributed by atoms with E-state index < -0.39 is 0 Å². The first-order valence-electron chi connectivity index (χ1n) is 9.51. The molecule has 0 aromatic heterocycles. The SMILES string of the molecule is CCCN(CC(=O)Nc1ccccc1OC)C(=O)C1CC1c1ccccc1Cl. The van der Waals surface area contributed by atoms with Crippen LogP contribution in [0.5, 0.6) is 5.75 Å². The maximum absolute atomic E-state index is 13.0. The number of hydrogen-bond acceptors (Lipinski definition) is 3. The lowest BCUT2D eigenvalue weighted by molar-refractivity contribution is -0.136. The molecule has 0 aliphatic heterocycles. The Labute approximate surface area is 170 Å². The third-order valence-electron chi connectivity index (χ3n) is 4.93. The van der Waals surface area contributed by atoms with E-state index in [1.807, 2.05) is 43.3 Å². The van der Waals surface area contributed by atoms with Gasteiger partial charge in [0.05, 0.1) is 19.3 Å². The molecule has 6 heteroatoms. The Balaban J connectivity index is 1.64. The van der Waals surface area contributed by atoms with Crippen molar-refractivity contribution in [1.29, 1.82) is 0 Å². The number of benzene rings is 2. The summed E-state index contributed by atoms with van der Waals surface area (Å²) in [5.74, 6) is 0.400. The Morgan fingerprint density at radius 2 is 1.89 bits per heavy atom. The summed E-state index contributed by atoms with van der Waals surface area (Å²) in [6.45, 7) is 2.57. The molecule has 1 saturated carbocycles. The molecule has 2 unspecified atom stereocenters. The van der Waals surface area contributed by atoms with E-state index in [0.717, 1.165) is 18.4 Å². The van der Waals surface area contributed by atoms with Gasteiger partial charge >= 0.3 is 0 Å². The third kappa shape index (κ3) is 4.65. The van der Waals surface area contributed by atoms with Gasteiger partial charge in [0.2, 0.25) is 11.8 Å². The number of ether oxygens (including phenoxy) is 1. The van der Waals surface area contributed by atoms with Crippen LogP contribution in [0.25, 0.3) is 0 Å². The Bertz CT molecular complexity index is 855. The highest BCUT2D eigenvalue weighted by molar-refractivity contribution is 6.31. The van der Waals surface area contributed by atoms with Crippen molar-refractivity contribution in [3.8, 4) is 5.75 Å². The van der Waals surface area contributed by atoms with Gasteiger partial charge in [-0.2, -0.15) is 0 Å². The number of carbonyl (C=O) groups is 2. The summed E-state index contributed by atoms with van der Waals surface area (Å²) in [6, 6.07) is 14.9. The number of amides is 2. The van der Waals surface area contributed by atoms with Gasteiger partial charge in [-0.1, -0.05) is 48.9 Å². The fourth-order valence-electron chi connectivity index (χ4n) is 3.47. The number of halogens is 1. The molecule has 1 N–H and O–H groups in total. The van der Waals surface area contributed by atoms with Gasteiger partial charge in [-0.3, -0.25) is 9.59 Å². The molecule has 0 heterocycles. The number of para-hydroxylation sites is 2. The van der Waals surface area contributed by atoms with Gasteiger partial charge in [0.15, 0.2) is 0 Å². The molecule has 1 aliphatic rings. The molecule has 2 amide bonds. The lowest BCUT2D eigenvalue weighted by atomic mass is 10.1. The normalized spacial score (nSPS) is 17.7. The summed E-state index contributed by atoms with van der Waals surface area (Å²) in [6.07, 6.45) is 1.56. The predicted octanol–water partition coefficient (Wildman–Crippen LogP) is 4.33. The zero-order valence-electron chi connectivity index (χ0n) is 16.2. The van der Waals surface area contributed by atoms with Crippen LogP contribution in [0.1, 0.15) is 31.2 Å². The van der Waals surface area contributed by atoms with E-state index in [-0.39, 0.29) is 30.2 Å². The standard InChI is InChI=1S/C22H25ClN2O3/c1-3-12-25(14-21(26)24-19-10-6-7-11-20(19)28-2)22(27)17-13-16(17)15-8-4-5-9-18(15)23/h4-11,16-17H,3,12-14H2,1-2H3,(H,24,26). The second-order valence-electron chi connectivity index (χ2n) is 6.98. The maximum atomic E-state index is 13.0. The van der Waals surface area contributed by atoms with Crippen LogP contribution in [0.4, 0.5) is 5.69 Å². The molecule has 28 heavy (non-hydrogen) atoms. The van der Waals surface area contributed by atoms with Crippen LogP contribution in [0.15, 0.2) is 48.5 Å². The van der Waals surface area contributed by atoms with E-state index in [9.17, 15) is 9.59 Å². The molecular formula is C22H25ClN2O3. The quantitative estimate of drug-likeness (QED) is 0.717. The van der Waals surface area contributed by atoms with Gasteiger partial charge < -0.3 is 15.0 Å². The van der Waals surface area contributed by atoms with Crippen LogP contribution < -0.4 is 10.1 Å². The average Bonchev–Trinajstić information content (AvgIpc) is 3.48. The van der Waals surface area contributed by atoms with Gasteiger partial charge in [-0.15, -0.1) is 0 Å². The number of nitrogens with one attached hydrogen (secondary N) is 1. The highest BCUT2D eigenvalue weighted by Gasteiger charge is 2.46. The van der Waals surface area contributed by atoms with Gasteiger partial charge in [-0.25, -0.2) is 0 Å². The first kappa shape index (κ1) is 20.2. The van der Waals surface area contributed by atoms with Crippen molar-refractivity contribution in [2.24, 2.45) is 5.92 Å². The summed E-state index contributed by atoms with van der Waals surface area (Å²) in [5.41, 5.74) is 1.61. The van der Waals surface area contributed by atoms with Crippen LogP contribution >= 0.6 is 11.6 Å². The molecular weight excluding hydrogens is 376 g/mol. The molecule has 3 rings (SSSR count). The van der Waals surface area contributed by atoms with Gasteiger partial charge in [-0.05, 0) is 42.5 Å². The summed E-state index contributed by atoms with van der Waals surface area (Å²) in [4.78, 5) is 27.2. The second-order valence-corrected chi connectivity index (χ2v) is 7.39. The molecule has 1 fully saturated rings. The number of anilines is 1. The van der Waals surface area contributed by atoms with Crippen molar-refractivity contribution >= 4 is 29.1 Å². The largest absolute Gasteiger partial charge is 0.495 e. The monoisotopic (exact) mass is 400 g/mol. The first-order valence-corrected chi connectivity index (χ1v) is 9.89. The molecule has 5 nitrogen and oxygen atoms in total. The summed E-state index contributed by atoms with van der Waals surface area (Å²) in [5, 5.41) is 3.53. The molecule has 2 aromatic carbocycles. The minimum atomic E-state index is -0.235. The predicted molar refractivity (Wildman–Crippen MR) is 111 cm³/mol. The fraction of sp³-hybridized carbons (Fsp3) is 0.364. The van der Waals surface area contributed by atoms with E-state index >= 15 is 0 Å². The minimum absolute atomic E-state index is 0.0157. The molecule has 0 radical (unpaired) electrons. The highest BCUT2D eigenvalue weighted by atomic mass is 35.5. The zero-order valence-corrected chi connectivity index (χ0v) is 16.9. The van der Waals surface area contributed by atoms with E-state index in [0.29, 0.717) is 23.0 Å². The van der Waals surface area contributed by atoms with E-state index in [4.69, 9.17) is 16.3 Å². The van der Waals surface area contributed by atoms with Crippen molar-refractivity contribution in [2.45, 2.75) is 25.7 Å². The fourth-order valence-corrected chi connectivity index (χ4v) is 3.75. The topological polar surface area (TPSA) is 58.6 Å². The van der Waals surface area contributed by atoms with Crippen molar-refractivity contribution < 1.29 is 14.3 Å². The van der Waals surface area contributed by atoms with E-state index in [1.165, 1.54) is 0 Å². The number of rotatable bonds is 8. The molecule has 148 valence electrons. The maximum Gasteiger partial charge on any atom is 0.244 e. The molecule has 2 aromatic rings. The van der Waals surface area contributed by atoms with Crippen LogP contribution in [0, 0.1) is 5.92 Å². The molecule has 0 saturated heterocycles. The smallest absolute Gasteiger partial charge is 0.244 e. The van der Waals surface area contributed by atoms with Crippen LogP contribution in [-0.2, 0) is 9.59 Å². The summed E-state index contributed by atoms with van der Waals surface area (Å²) in [7, 11) is 1.56. The van der Waals surface area contributed by atoms with Gasteiger partial charge in [0.25, 0.3) is 0 Å². The zero-order chi connectivity index (χ0) is 20.1. The van der Waals surface area contributed by atoms with Crippen molar-refractivity contribution in [3.63, 3.8) is 0 Å². The van der Waals surface area contributed by atoms with Crippen LogP contribution in [-0.4, -0.2) is 36.9 Å².